The van der Waals surface area contributed by atoms with E-state index in [2.05, 4.69) is 45.4 Å². The molecule has 1 aromatic heterocycles. The van der Waals surface area contributed by atoms with Crippen molar-refractivity contribution in [1.82, 2.24) is 0 Å². The van der Waals surface area contributed by atoms with Crippen molar-refractivity contribution >= 4 is 50.2 Å². The van der Waals surface area contributed by atoms with Crippen LogP contribution in [0.1, 0.15) is 10.4 Å². The Labute approximate surface area is 131 Å². The zero-order valence-corrected chi connectivity index (χ0v) is 13.8. The number of likely N-dealkylation sites (N-methyl/N-ethyl adjacent to an activating group) is 1. The topological polar surface area (TPSA) is 29.3 Å². The summed E-state index contributed by atoms with van der Waals surface area (Å²) in [5.41, 5.74) is 7.67. The molecule has 19 heavy (non-hydrogen) atoms. The van der Waals surface area contributed by atoms with Gasteiger partial charge in [0.1, 0.15) is 4.99 Å². The zero-order valence-electron chi connectivity index (χ0n) is 10.6. The van der Waals surface area contributed by atoms with Gasteiger partial charge in [0.15, 0.2) is 0 Å². The van der Waals surface area contributed by atoms with Crippen molar-refractivity contribution in [2.75, 3.05) is 18.5 Å². The lowest BCUT2D eigenvalue weighted by molar-refractivity contribution is 0.885. The third-order valence-electron chi connectivity index (χ3n) is 2.92. The molecule has 0 radical (unpaired) electrons. The summed E-state index contributed by atoms with van der Waals surface area (Å²) in [6.45, 7) is 0.978. The summed E-state index contributed by atoms with van der Waals surface area (Å²) in [4.78, 5) is 4.06. The van der Waals surface area contributed by atoms with E-state index in [9.17, 15) is 0 Å². The fourth-order valence-corrected chi connectivity index (χ4v) is 3.33. The fraction of sp³-hybridized carbons (Fsp3) is 0.214. The maximum atomic E-state index is 5.63. The molecule has 0 unspecified atom stereocenters. The highest BCUT2D eigenvalue weighted by Crippen LogP contribution is 2.27. The maximum Gasteiger partial charge on any atom is 0.104 e. The Balaban J connectivity index is 2.06. The molecule has 2 rings (SSSR count). The van der Waals surface area contributed by atoms with Gasteiger partial charge >= 0.3 is 0 Å². The summed E-state index contributed by atoms with van der Waals surface area (Å²) in [7, 11) is 2.09. The number of rotatable bonds is 5. The second-order valence-electron chi connectivity index (χ2n) is 4.28. The number of thiophene rings is 1. The highest BCUT2D eigenvalue weighted by atomic mass is 79.9. The first-order valence-corrected chi connectivity index (χ1v) is 7.99. The largest absolute Gasteiger partial charge is 0.389 e. The quantitative estimate of drug-likeness (QED) is 0.827. The molecule has 0 aliphatic carbocycles. The third-order valence-corrected chi connectivity index (χ3v) is 4.72. The van der Waals surface area contributed by atoms with Gasteiger partial charge in [0, 0.05) is 28.5 Å². The first-order valence-electron chi connectivity index (χ1n) is 5.91. The Morgan fingerprint density at radius 2 is 2.21 bits per heavy atom. The van der Waals surface area contributed by atoms with E-state index in [4.69, 9.17) is 18.0 Å². The Hall–Kier alpha value is -0.910. The molecule has 0 saturated carbocycles. The molecule has 1 heterocycles. The average Bonchev–Trinajstić information content (AvgIpc) is 2.88. The van der Waals surface area contributed by atoms with Crippen molar-refractivity contribution in [3.05, 3.63) is 50.6 Å². The summed E-state index contributed by atoms with van der Waals surface area (Å²) in [6, 6.07) is 10.2. The number of benzene rings is 1. The summed E-state index contributed by atoms with van der Waals surface area (Å²) in [5, 5.41) is 2.11. The monoisotopic (exact) mass is 354 g/mol. The van der Waals surface area contributed by atoms with Gasteiger partial charge < -0.3 is 10.6 Å². The molecule has 2 N–H and O–H groups in total. The van der Waals surface area contributed by atoms with Crippen LogP contribution in [0.2, 0.25) is 0 Å². The molecule has 0 spiro atoms. The first-order chi connectivity index (χ1) is 9.08. The molecule has 0 saturated heterocycles. The molecule has 100 valence electrons. The molecule has 0 aliphatic heterocycles. The van der Waals surface area contributed by atoms with Gasteiger partial charge in [-0.25, -0.2) is 0 Å². The van der Waals surface area contributed by atoms with Crippen molar-refractivity contribution in [3.63, 3.8) is 0 Å². The number of hydrogen-bond donors (Lipinski definition) is 1. The number of hydrogen-bond acceptors (Lipinski definition) is 3. The number of nitrogens with two attached hydrogens (primary N) is 1. The van der Waals surface area contributed by atoms with E-state index in [1.165, 1.54) is 4.88 Å². The molecule has 0 atom stereocenters. The van der Waals surface area contributed by atoms with Crippen LogP contribution in [0, 0.1) is 0 Å². The Bertz CT molecular complexity index is 567. The normalized spacial score (nSPS) is 10.4. The van der Waals surface area contributed by atoms with Crippen molar-refractivity contribution in [3.8, 4) is 0 Å². The van der Waals surface area contributed by atoms with Crippen molar-refractivity contribution in [2.24, 2.45) is 5.73 Å². The van der Waals surface area contributed by atoms with E-state index in [0.717, 1.165) is 28.7 Å². The second kappa shape index (κ2) is 6.50. The highest BCUT2D eigenvalue weighted by Gasteiger charge is 2.08. The smallest absolute Gasteiger partial charge is 0.104 e. The average molecular weight is 355 g/mol. The molecule has 1 aromatic carbocycles. The van der Waals surface area contributed by atoms with Crippen molar-refractivity contribution in [1.29, 1.82) is 0 Å². The zero-order chi connectivity index (χ0) is 13.8. The standard InChI is InChI=1S/C14H15BrN2S2/c1-17(7-6-11-3-2-8-19-11)13-5-4-10(14(16)18)9-12(13)15/h2-5,8-9H,6-7H2,1H3,(H2,16,18). The van der Waals surface area contributed by atoms with Crippen LogP contribution >= 0.6 is 39.5 Å². The minimum atomic E-state index is 0.425. The van der Waals surface area contributed by atoms with Gasteiger partial charge in [0.2, 0.25) is 0 Å². The van der Waals surface area contributed by atoms with Crippen LogP contribution in [0.4, 0.5) is 5.69 Å². The van der Waals surface area contributed by atoms with Gasteiger partial charge in [0.05, 0.1) is 5.69 Å². The van der Waals surface area contributed by atoms with Gasteiger partial charge in [0.25, 0.3) is 0 Å². The van der Waals surface area contributed by atoms with E-state index in [1.54, 1.807) is 11.3 Å². The van der Waals surface area contributed by atoms with Crippen molar-refractivity contribution in [2.45, 2.75) is 6.42 Å². The van der Waals surface area contributed by atoms with Gasteiger partial charge in [-0.1, -0.05) is 18.3 Å². The lowest BCUT2D eigenvalue weighted by Crippen LogP contribution is -2.20. The van der Waals surface area contributed by atoms with Gasteiger partial charge in [-0.05, 0) is 52.0 Å². The Morgan fingerprint density at radius 3 is 2.79 bits per heavy atom. The minimum absolute atomic E-state index is 0.425. The SMILES string of the molecule is CN(CCc1cccs1)c1ccc(C(N)=S)cc1Br. The molecular weight excluding hydrogens is 340 g/mol. The first kappa shape index (κ1) is 14.5. The van der Waals surface area contributed by atoms with E-state index < -0.39 is 0 Å². The van der Waals surface area contributed by atoms with Gasteiger partial charge in [-0.15, -0.1) is 11.3 Å². The summed E-state index contributed by atoms with van der Waals surface area (Å²) >= 11 is 10.4. The highest BCUT2D eigenvalue weighted by molar-refractivity contribution is 9.10. The Morgan fingerprint density at radius 1 is 1.42 bits per heavy atom. The number of anilines is 1. The molecule has 5 heteroatoms. The molecular formula is C14H15BrN2S2. The molecule has 2 aromatic rings. The van der Waals surface area contributed by atoms with Crippen LogP contribution in [0.3, 0.4) is 0 Å². The van der Waals surface area contributed by atoms with Crippen LogP contribution in [0.25, 0.3) is 0 Å². The van der Waals surface area contributed by atoms with Crippen LogP contribution in [-0.2, 0) is 6.42 Å². The summed E-state index contributed by atoms with van der Waals surface area (Å²) < 4.78 is 1.02. The second-order valence-corrected chi connectivity index (χ2v) is 6.61. The Kier molecular flexibility index (Phi) is 4.96. The van der Waals surface area contributed by atoms with Crippen LogP contribution < -0.4 is 10.6 Å². The van der Waals surface area contributed by atoms with E-state index in [-0.39, 0.29) is 0 Å². The molecule has 0 bridgehead atoms. The van der Waals surface area contributed by atoms with Crippen molar-refractivity contribution < 1.29 is 0 Å². The molecule has 0 fully saturated rings. The van der Waals surface area contributed by atoms with E-state index in [1.807, 2.05) is 18.2 Å². The third kappa shape index (κ3) is 3.78. The van der Waals surface area contributed by atoms with Crippen LogP contribution in [0.5, 0.6) is 0 Å². The number of halogens is 1. The predicted molar refractivity (Wildman–Crippen MR) is 91.3 cm³/mol. The number of thiocarbonyl (C=S) groups is 1. The van der Waals surface area contributed by atoms with Crippen LogP contribution in [-0.4, -0.2) is 18.6 Å². The predicted octanol–water partition coefficient (Wildman–Crippen LogP) is 3.82. The minimum Gasteiger partial charge on any atom is -0.389 e. The summed E-state index contributed by atoms with van der Waals surface area (Å²) in [5.74, 6) is 0. The fourth-order valence-electron chi connectivity index (χ4n) is 1.82. The summed E-state index contributed by atoms with van der Waals surface area (Å²) in [6.07, 6.45) is 1.05. The van der Waals surface area contributed by atoms with E-state index >= 15 is 0 Å². The molecule has 0 aliphatic rings. The number of nitrogens with zero attached hydrogens (tertiary/aromatic N) is 1. The molecule has 0 amide bonds. The lowest BCUT2D eigenvalue weighted by Gasteiger charge is -2.21. The van der Waals surface area contributed by atoms with Crippen LogP contribution in [0.15, 0.2) is 40.2 Å². The molecule has 2 nitrogen and oxygen atoms in total. The van der Waals surface area contributed by atoms with Gasteiger partial charge in [-0.2, -0.15) is 0 Å². The van der Waals surface area contributed by atoms with E-state index in [0.29, 0.717) is 4.99 Å². The van der Waals surface area contributed by atoms with Gasteiger partial charge in [-0.3, -0.25) is 0 Å². The maximum absolute atomic E-state index is 5.63. The lowest BCUT2D eigenvalue weighted by atomic mass is 10.2.